The Bertz CT molecular complexity index is 435. The summed E-state index contributed by atoms with van der Waals surface area (Å²) in [5, 5.41) is 2.81. The van der Waals surface area contributed by atoms with Crippen LogP contribution in [0.25, 0.3) is 0 Å². The normalized spacial score (nSPS) is 11.8. The number of nitrogens with two attached hydrogens (primary N) is 1. The summed E-state index contributed by atoms with van der Waals surface area (Å²) < 4.78 is 11.1. The van der Waals surface area contributed by atoms with E-state index in [4.69, 9.17) is 15.2 Å². The predicted octanol–water partition coefficient (Wildman–Crippen LogP) is 1.49. The Morgan fingerprint density at radius 2 is 2.20 bits per heavy atom. The molecular formula is C15H24N2O3. The molecule has 0 aromatic heterocycles. The lowest BCUT2D eigenvalue weighted by atomic mass is 10.1. The maximum absolute atomic E-state index is 11.9. The van der Waals surface area contributed by atoms with Crippen LogP contribution in [0.2, 0.25) is 0 Å². The van der Waals surface area contributed by atoms with E-state index in [9.17, 15) is 4.79 Å². The SMILES string of the molecule is CCCNC(=O)C(C)Oc1c(CCN)cccc1OC. The van der Waals surface area contributed by atoms with Crippen LogP contribution in [0.5, 0.6) is 11.5 Å². The number of rotatable bonds is 8. The van der Waals surface area contributed by atoms with Gasteiger partial charge >= 0.3 is 0 Å². The number of para-hydroxylation sites is 1. The minimum atomic E-state index is -0.575. The van der Waals surface area contributed by atoms with Crippen LogP contribution in [0.4, 0.5) is 0 Å². The number of carbonyl (C=O) groups excluding carboxylic acids is 1. The Morgan fingerprint density at radius 1 is 1.45 bits per heavy atom. The summed E-state index contributed by atoms with van der Waals surface area (Å²) in [6.45, 7) is 4.89. The summed E-state index contributed by atoms with van der Waals surface area (Å²) in [7, 11) is 1.58. The van der Waals surface area contributed by atoms with E-state index in [-0.39, 0.29) is 5.91 Å². The van der Waals surface area contributed by atoms with Gasteiger partial charge in [0.1, 0.15) is 0 Å². The number of nitrogens with one attached hydrogen (secondary N) is 1. The number of benzene rings is 1. The predicted molar refractivity (Wildman–Crippen MR) is 79.1 cm³/mol. The van der Waals surface area contributed by atoms with Crippen LogP contribution in [0.1, 0.15) is 25.8 Å². The third kappa shape index (κ3) is 4.42. The van der Waals surface area contributed by atoms with Crippen LogP contribution < -0.4 is 20.5 Å². The second-order valence-corrected chi connectivity index (χ2v) is 4.54. The first-order valence-corrected chi connectivity index (χ1v) is 6.94. The van der Waals surface area contributed by atoms with Gasteiger partial charge in [0.2, 0.25) is 0 Å². The molecule has 0 aliphatic heterocycles. The van der Waals surface area contributed by atoms with E-state index >= 15 is 0 Å². The van der Waals surface area contributed by atoms with Gasteiger partial charge in [0.25, 0.3) is 5.91 Å². The van der Waals surface area contributed by atoms with Crippen molar-refractivity contribution in [2.24, 2.45) is 5.73 Å². The van der Waals surface area contributed by atoms with Crippen LogP contribution in [0.15, 0.2) is 18.2 Å². The van der Waals surface area contributed by atoms with E-state index in [0.29, 0.717) is 31.0 Å². The third-order valence-corrected chi connectivity index (χ3v) is 2.91. The zero-order valence-corrected chi connectivity index (χ0v) is 12.4. The maximum Gasteiger partial charge on any atom is 0.260 e. The van der Waals surface area contributed by atoms with E-state index in [1.807, 2.05) is 25.1 Å². The van der Waals surface area contributed by atoms with Gasteiger partial charge < -0.3 is 20.5 Å². The quantitative estimate of drug-likeness (QED) is 0.756. The average Bonchev–Trinajstić information content (AvgIpc) is 2.46. The lowest BCUT2D eigenvalue weighted by Gasteiger charge is -2.19. The van der Waals surface area contributed by atoms with Crippen LogP contribution in [-0.2, 0) is 11.2 Å². The number of hydrogen-bond acceptors (Lipinski definition) is 4. The van der Waals surface area contributed by atoms with E-state index in [2.05, 4.69) is 5.32 Å². The molecule has 0 fully saturated rings. The lowest BCUT2D eigenvalue weighted by Crippen LogP contribution is -2.36. The fourth-order valence-electron chi connectivity index (χ4n) is 1.83. The van der Waals surface area contributed by atoms with Crippen molar-refractivity contribution >= 4 is 5.91 Å². The first kappa shape index (κ1) is 16.3. The number of carbonyl (C=O) groups is 1. The fourth-order valence-corrected chi connectivity index (χ4v) is 1.83. The van der Waals surface area contributed by atoms with E-state index < -0.39 is 6.10 Å². The Hall–Kier alpha value is -1.75. The molecule has 0 saturated carbocycles. The summed E-state index contributed by atoms with van der Waals surface area (Å²) in [6.07, 6.45) is 0.996. The van der Waals surface area contributed by atoms with E-state index in [0.717, 1.165) is 12.0 Å². The minimum Gasteiger partial charge on any atom is -0.493 e. The third-order valence-electron chi connectivity index (χ3n) is 2.91. The van der Waals surface area contributed by atoms with Crippen molar-refractivity contribution < 1.29 is 14.3 Å². The Morgan fingerprint density at radius 3 is 2.80 bits per heavy atom. The number of methoxy groups -OCH3 is 1. The highest BCUT2D eigenvalue weighted by Crippen LogP contribution is 2.32. The maximum atomic E-state index is 11.9. The van der Waals surface area contributed by atoms with Gasteiger partial charge in [0, 0.05) is 6.54 Å². The van der Waals surface area contributed by atoms with Gasteiger partial charge in [-0.25, -0.2) is 0 Å². The molecular weight excluding hydrogens is 256 g/mol. The summed E-state index contributed by atoms with van der Waals surface area (Å²) in [5.41, 5.74) is 6.55. The molecule has 1 aromatic rings. The van der Waals surface area contributed by atoms with Gasteiger partial charge in [-0.1, -0.05) is 19.1 Å². The monoisotopic (exact) mass is 280 g/mol. The van der Waals surface area contributed by atoms with Crippen LogP contribution in [0.3, 0.4) is 0 Å². The molecule has 20 heavy (non-hydrogen) atoms. The zero-order chi connectivity index (χ0) is 15.0. The Labute approximate surface area is 120 Å². The molecule has 1 aromatic carbocycles. The van der Waals surface area contributed by atoms with Crippen molar-refractivity contribution in [2.75, 3.05) is 20.2 Å². The molecule has 3 N–H and O–H groups in total. The molecule has 0 bridgehead atoms. The molecule has 5 nitrogen and oxygen atoms in total. The second-order valence-electron chi connectivity index (χ2n) is 4.54. The van der Waals surface area contributed by atoms with Gasteiger partial charge in [-0.15, -0.1) is 0 Å². The highest BCUT2D eigenvalue weighted by molar-refractivity contribution is 5.80. The van der Waals surface area contributed by atoms with Gasteiger partial charge in [-0.3, -0.25) is 4.79 Å². The van der Waals surface area contributed by atoms with Gasteiger partial charge in [0.15, 0.2) is 17.6 Å². The first-order chi connectivity index (χ1) is 9.63. The molecule has 1 unspecified atom stereocenters. The lowest BCUT2D eigenvalue weighted by molar-refractivity contribution is -0.127. The van der Waals surface area contributed by atoms with Crippen LogP contribution in [0, 0.1) is 0 Å². The molecule has 0 heterocycles. The van der Waals surface area contributed by atoms with Crippen molar-refractivity contribution in [2.45, 2.75) is 32.8 Å². The number of amides is 1. The molecule has 1 amide bonds. The molecule has 112 valence electrons. The Balaban J connectivity index is 2.86. The topological polar surface area (TPSA) is 73.6 Å². The molecule has 0 radical (unpaired) electrons. The fraction of sp³-hybridized carbons (Fsp3) is 0.533. The summed E-state index contributed by atoms with van der Waals surface area (Å²) >= 11 is 0. The van der Waals surface area contributed by atoms with Crippen LogP contribution >= 0.6 is 0 Å². The van der Waals surface area contributed by atoms with Crippen molar-refractivity contribution in [3.05, 3.63) is 23.8 Å². The van der Waals surface area contributed by atoms with Crippen LogP contribution in [-0.4, -0.2) is 32.2 Å². The molecule has 0 saturated heterocycles. The minimum absolute atomic E-state index is 0.128. The number of ether oxygens (including phenoxy) is 2. The molecule has 1 rings (SSSR count). The van der Waals surface area contributed by atoms with Crippen molar-refractivity contribution in [1.82, 2.24) is 5.32 Å². The van der Waals surface area contributed by atoms with E-state index in [1.54, 1.807) is 14.0 Å². The Kier molecular flexibility index (Phi) is 6.87. The van der Waals surface area contributed by atoms with Gasteiger partial charge in [-0.05, 0) is 37.9 Å². The smallest absolute Gasteiger partial charge is 0.260 e. The average molecular weight is 280 g/mol. The highest BCUT2D eigenvalue weighted by Gasteiger charge is 2.18. The zero-order valence-electron chi connectivity index (χ0n) is 12.4. The van der Waals surface area contributed by atoms with Crippen molar-refractivity contribution in [1.29, 1.82) is 0 Å². The molecule has 1 atom stereocenters. The van der Waals surface area contributed by atoms with Gasteiger partial charge in [-0.2, -0.15) is 0 Å². The van der Waals surface area contributed by atoms with Gasteiger partial charge in [0.05, 0.1) is 7.11 Å². The first-order valence-electron chi connectivity index (χ1n) is 6.94. The molecule has 5 heteroatoms. The summed E-state index contributed by atoms with van der Waals surface area (Å²) in [5.74, 6) is 1.09. The highest BCUT2D eigenvalue weighted by atomic mass is 16.5. The number of hydrogen-bond donors (Lipinski definition) is 2. The standard InChI is InChI=1S/C15H24N2O3/c1-4-10-17-15(18)11(2)20-14-12(8-9-16)6-5-7-13(14)19-3/h5-7,11H,4,8-10,16H2,1-3H3,(H,17,18). The summed E-state index contributed by atoms with van der Waals surface area (Å²) in [4.78, 5) is 11.9. The summed E-state index contributed by atoms with van der Waals surface area (Å²) in [6, 6.07) is 5.63. The second kappa shape index (κ2) is 8.43. The molecule has 0 aliphatic rings. The van der Waals surface area contributed by atoms with E-state index in [1.165, 1.54) is 0 Å². The molecule has 0 spiro atoms. The van der Waals surface area contributed by atoms with Crippen molar-refractivity contribution in [3.8, 4) is 11.5 Å². The molecule has 0 aliphatic carbocycles. The van der Waals surface area contributed by atoms with Crippen molar-refractivity contribution in [3.63, 3.8) is 0 Å². The largest absolute Gasteiger partial charge is 0.493 e.